The molecule has 3 aromatic rings. The van der Waals surface area contributed by atoms with Gasteiger partial charge in [-0.2, -0.15) is 0 Å². The lowest BCUT2D eigenvalue weighted by atomic mass is 10.1. The summed E-state index contributed by atoms with van der Waals surface area (Å²) in [5.41, 5.74) is 1.55. The molecule has 154 valence electrons. The Labute approximate surface area is 177 Å². The molecule has 2 N–H and O–H groups in total. The van der Waals surface area contributed by atoms with Gasteiger partial charge < -0.3 is 14.2 Å². The van der Waals surface area contributed by atoms with Gasteiger partial charge in [-0.3, -0.25) is 0 Å². The van der Waals surface area contributed by atoms with Crippen LogP contribution in [0.25, 0.3) is 10.2 Å². The maximum absolute atomic E-state index is 12.1. The van der Waals surface area contributed by atoms with E-state index in [2.05, 4.69) is 4.98 Å². The van der Waals surface area contributed by atoms with Crippen LogP contribution in [0.15, 0.2) is 40.7 Å². The largest absolute Gasteiger partial charge is 0.497 e. The van der Waals surface area contributed by atoms with Gasteiger partial charge in [0.05, 0.1) is 17.3 Å². The molecule has 0 amide bonds. The minimum Gasteiger partial charge on any atom is -0.497 e. The summed E-state index contributed by atoms with van der Waals surface area (Å²) in [7, 11) is -2.13. The van der Waals surface area contributed by atoms with Gasteiger partial charge in [0, 0.05) is 17.9 Å². The average molecular weight is 453 g/mol. The smallest absolute Gasteiger partial charge is 0.231 e. The van der Waals surface area contributed by atoms with Gasteiger partial charge >= 0.3 is 0 Å². The van der Waals surface area contributed by atoms with E-state index in [4.69, 9.17) is 19.3 Å². The monoisotopic (exact) mass is 452 g/mol. The zero-order valence-corrected chi connectivity index (χ0v) is 18.1. The summed E-state index contributed by atoms with van der Waals surface area (Å²) < 4.78 is 42.0. The summed E-state index contributed by atoms with van der Waals surface area (Å²) in [4.78, 5) is 4.62. The lowest BCUT2D eigenvalue weighted by Crippen LogP contribution is -2.22. The summed E-state index contributed by atoms with van der Waals surface area (Å²) >= 11 is 3.20. The molecule has 0 aliphatic carbocycles. The molecule has 1 atom stereocenters. The van der Waals surface area contributed by atoms with Gasteiger partial charge in [-0.25, -0.2) is 18.5 Å². The van der Waals surface area contributed by atoms with Crippen molar-refractivity contribution >= 4 is 43.3 Å². The predicted molar refractivity (Wildman–Crippen MR) is 115 cm³/mol. The summed E-state index contributed by atoms with van der Waals surface area (Å²) in [6.07, 6.45) is 1.13. The number of hydrogen-bond acceptors (Lipinski definition) is 8. The Morgan fingerprint density at radius 2 is 1.97 bits per heavy atom. The van der Waals surface area contributed by atoms with Gasteiger partial charge in [-0.15, -0.1) is 11.3 Å². The van der Waals surface area contributed by atoms with Crippen LogP contribution in [0.5, 0.6) is 17.2 Å². The predicted octanol–water partition coefficient (Wildman–Crippen LogP) is 3.94. The number of thioether (sulfide) groups is 1. The molecule has 29 heavy (non-hydrogen) atoms. The summed E-state index contributed by atoms with van der Waals surface area (Å²) in [6.45, 7) is 0.244. The first-order valence-corrected chi connectivity index (χ1v) is 12.3. The maximum atomic E-state index is 12.1. The van der Waals surface area contributed by atoms with Crippen LogP contribution < -0.4 is 19.3 Å². The Kier molecular flexibility index (Phi) is 5.86. The van der Waals surface area contributed by atoms with Crippen molar-refractivity contribution in [3.8, 4) is 17.2 Å². The summed E-state index contributed by atoms with van der Waals surface area (Å²) in [5, 5.41) is 4.74. The molecule has 1 aliphatic heterocycles. The molecule has 1 unspecified atom stereocenters. The number of sulfonamides is 1. The van der Waals surface area contributed by atoms with Gasteiger partial charge in [-0.1, -0.05) is 23.9 Å². The second kappa shape index (κ2) is 8.39. The van der Waals surface area contributed by atoms with E-state index >= 15 is 0 Å². The summed E-state index contributed by atoms with van der Waals surface area (Å²) in [5.74, 6) is 2.88. The molecule has 0 saturated heterocycles. The van der Waals surface area contributed by atoms with Crippen molar-refractivity contribution in [1.82, 2.24) is 4.98 Å². The highest BCUT2D eigenvalue weighted by atomic mass is 32.2. The molecular formula is C19H20N2O5S3. The number of fused-ring (bicyclic) bond motifs is 2. The molecule has 4 rings (SSSR count). The van der Waals surface area contributed by atoms with Gasteiger partial charge in [0.1, 0.15) is 11.0 Å². The number of nitrogens with zero attached hydrogens (tertiary/aromatic N) is 1. The third-order valence-corrected chi connectivity index (χ3v) is 8.13. The number of nitrogens with two attached hydrogens (primary N) is 1. The lowest BCUT2D eigenvalue weighted by Gasteiger charge is -2.15. The zero-order chi connectivity index (χ0) is 20.4. The molecule has 2 heterocycles. The molecule has 0 saturated carbocycles. The second-order valence-corrected chi connectivity index (χ2v) is 10.6. The van der Waals surface area contributed by atoms with Crippen LogP contribution in [0.1, 0.15) is 23.7 Å². The number of aromatic nitrogens is 1. The molecule has 1 aromatic heterocycles. The first kappa shape index (κ1) is 20.3. The van der Waals surface area contributed by atoms with Crippen molar-refractivity contribution in [2.45, 2.75) is 22.4 Å². The van der Waals surface area contributed by atoms with Gasteiger partial charge in [0.15, 0.2) is 15.8 Å². The number of thiazole rings is 1. The Morgan fingerprint density at radius 1 is 1.24 bits per heavy atom. The maximum Gasteiger partial charge on any atom is 0.231 e. The minimum absolute atomic E-state index is 0.244. The van der Waals surface area contributed by atoms with Crippen LogP contribution in [0.4, 0.5) is 0 Å². The van der Waals surface area contributed by atoms with Gasteiger partial charge in [0.2, 0.25) is 16.8 Å². The summed E-state index contributed by atoms with van der Waals surface area (Å²) in [6, 6.07) is 10.8. The fourth-order valence-corrected chi connectivity index (χ4v) is 6.27. The number of benzene rings is 2. The van der Waals surface area contributed by atoms with Crippen molar-refractivity contribution in [3.63, 3.8) is 0 Å². The van der Waals surface area contributed by atoms with E-state index in [9.17, 15) is 8.42 Å². The van der Waals surface area contributed by atoms with Crippen molar-refractivity contribution in [1.29, 1.82) is 0 Å². The second-order valence-electron chi connectivity index (χ2n) is 6.49. The van der Waals surface area contributed by atoms with E-state index < -0.39 is 15.3 Å². The molecular weight excluding hydrogens is 432 g/mol. The molecule has 10 heteroatoms. The topological polar surface area (TPSA) is 101 Å². The molecule has 7 nitrogen and oxygen atoms in total. The van der Waals surface area contributed by atoms with Crippen LogP contribution in [-0.4, -0.2) is 33.1 Å². The van der Waals surface area contributed by atoms with Gasteiger partial charge in [-0.05, 0) is 30.5 Å². The molecule has 0 spiro atoms. The first-order chi connectivity index (χ1) is 13.9. The Hall–Kier alpha value is -2.01. The zero-order valence-electron chi connectivity index (χ0n) is 15.7. The molecule has 0 radical (unpaired) electrons. The number of ether oxygens (including phenoxy) is 3. The standard InChI is InChI=1S/C19H20N2O5S3/c1-24-13-6-4-12(5-7-13)18(29(20,22)23)3-2-8-27-19-21-14-9-15-16(26-11-25-15)10-17(14)28-19/h4-7,9-10,18H,2-3,8,11H2,1H3,(H2,20,22,23). The highest BCUT2D eigenvalue weighted by Gasteiger charge is 2.23. The van der Waals surface area contributed by atoms with E-state index in [1.807, 2.05) is 12.1 Å². The Balaban J connectivity index is 1.38. The fourth-order valence-electron chi connectivity index (χ4n) is 3.13. The Bertz CT molecular complexity index is 1070. The molecule has 1 aliphatic rings. The number of methoxy groups -OCH3 is 1. The third kappa shape index (κ3) is 4.61. The van der Waals surface area contributed by atoms with Crippen molar-refractivity contribution in [2.75, 3.05) is 19.7 Å². The van der Waals surface area contributed by atoms with Crippen molar-refractivity contribution in [2.24, 2.45) is 5.14 Å². The normalized spacial score (nSPS) is 14.3. The van der Waals surface area contributed by atoms with Crippen LogP contribution in [0.2, 0.25) is 0 Å². The minimum atomic E-state index is -3.70. The van der Waals surface area contributed by atoms with Crippen LogP contribution >= 0.6 is 23.1 Å². The highest BCUT2D eigenvalue weighted by molar-refractivity contribution is 8.01. The van der Waals surface area contributed by atoms with Crippen LogP contribution in [0, 0.1) is 0 Å². The van der Waals surface area contributed by atoms with Crippen molar-refractivity contribution < 1.29 is 22.6 Å². The quantitative estimate of drug-likeness (QED) is 0.408. The molecule has 0 fully saturated rings. The number of hydrogen-bond donors (Lipinski definition) is 1. The first-order valence-electron chi connectivity index (χ1n) is 8.92. The molecule has 2 aromatic carbocycles. The van der Waals surface area contributed by atoms with E-state index in [0.717, 1.165) is 31.8 Å². The van der Waals surface area contributed by atoms with E-state index in [1.165, 1.54) is 0 Å². The third-order valence-electron chi connectivity index (χ3n) is 4.58. The fraction of sp³-hybridized carbons (Fsp3) is 0.316. The van der Waals surface area contributed by atoms with Gasteiger partial charge in [0.25, 0.3) is 0 Å². The lowest BCUT2D eigenvalue weighted by molar-refractivity contribution is 0.174. The number of primary sulfonamides is 1. The molecule has 0 bridgehead atoms. The van der Waals surface area contributed by atoms with E-state index in [-0.39, 0.29) is 6.79 Å². The SMILES string of the molecule is COc1ccc(C(CCCSc2nc3cc4c(cc3s2)OCO4)S(N)(=O)=O)cc1. The highest BCUT2D eigenvalue weighted by Crippen LogP contribution is 2.40. The van der Waals surface area contributed by atoms with E-state index in [1.54, 1.807) is 54.5 Å². The Morgan fingerprint density at radius 3 is 2.66 bits per heavy atom. The van der Waals surface area contributed by atoms with Crippen molar-refractivity contribution in [3.05, 3.63) is 42.0 Å². The van der Waals surface area contributed by atoms with E-state index in [0.29, 0.717) is 24.2 Å². The van der Waals surface area contributed by atoms with Crippen LogP contribution in [-0.2, 0) is 10.0 Å². The van der Waals surface area contributed by atoms with Crippen LogP contribution in [0.3, 0.4) is 0 Å². The number of rotatable bonds is 8. The average Bonchev–Trinajstić information content (AvgIpc) is 3.30.